The smallest absolute Gasteiger partial charge is 0.402 e. The quantitative estimate of drug-likeness (QED) is 0.00898. The van der Waals surface area contributed by atoms with Crippen LogP contribution in [0.5, 0.6) is 63.2 Å². The largest absolute Gasteiger partial charge is 0.507 e. The summed E-state index contributed by atoms with van der Waals surface area (Å²) in [5.74, 6) is -8.58. The van der Waals surface area contributed by atoms with Crippen molar-refractivity contribution < 1.29 is 222 Å². The number of esters is 3. The second-order valence-corrected chi connectivity index (χ2v) is 29.1. The number of carbonyl (C=O) groups excluding carboxylic acids is 3. The zero-order valence-corrected chi connectivity index (χ0v) is 64.5. The molecule has 0 saturated carbocycles. The molecule has 1 aromatic heterocycles. The fraction of sp³-hybridized carbons (Fsp3) is 0.468. The Bertz CT molecular complexity index is 4750. The van der Waals surface area contributed by atoms with Crippen LogP contribution in [0.2, 0.25) is 0 Å². The number of phenolic OH excluding ortho intramolecular Hbond substituents is 5. The number of hydrogen-bond donors (Lipinski definition) is 25. The first-order valence-corrected chi connectivity index (χ1v) is 37.9. The monoisotopic (exact) mass is 1760 g/mol. The molecule has 0 spiro atoms. The van der Waals surface area contributed by atoms with Crippen molar-refractivity contribution in [1.82, 2.24) is 0 Å². The van der Waals surface area contributed by atoms with Gasteiger partial charge in [-0.05, 0) is 83.4 Å². The number of aromatic hydroxyl groups is 5. The maximum atomic E-state index is 13.6. The van der Waals surface area contributed by atoms with Crippen molar-refractivity contribution in [3.05, 3.63) is 126 Å². The van der Waals surface area contributed by atoms with E-state index in [0.29, 0.717) is 0 Å². The molecule has 6 aromatic rings. The number of benzene rings is 5. The second-order valence-electron chi connectivity index (χ2n) is 29.1. The van der Waals surface area contributed by atoms with E-state index in [1.807, 2.05) is 0 Å². The predicted octanol–water partition coefficient (Wildman–Crippen LogP) is -6.57. The van der Waals surface area contributed by atoms with Gasteiger partial charge in [-0.15, -0.1) is 0 Å². The van der Waals surface area contributed by atoms with Crippen LogP contribution in [-0.4, -0.2) is 377 Å². The summed E-state index contributed by atoms with van der Waals surface area (Å²) in [4.78, 5) is 39.8. The number of rotatable bonds is 29. The lowest BCUT2D eigenvalue weighted by molar-refractivity contribution is -0.358. The Labute approximate surface area is 698 Å². The Kier molecular flexibility index (Phi) is 30.3. The molecule has 6 fully saturated rings. The molecular formula is C79H91O45+. The van der Waals surface area contributed by atoms with Crippen LogP contribution in [0.4, 0.5) is 0 Å². The number of methoxy groups -OCH3 is 1. The highest BCUT2D eigenvalue weighted by molar-refractivity contribution is 5.90. The Hall–Kier alpha value is -10.1. The van der Waals surface area contributed by atoms with Crippen molar-refractivity contribution in [1.29, 1.82) is 0 Å². The van der Waals surface area contributed by atoms with Gasteiger partial charge in [0, 0.05) is 36.4 Å². The molecule has 13 unspecified atom stereocenters. The van der Waals surface area contributed by atoms with E-state index < -0.39 is 288 Å². The van der Waals surface area contributed by atoms with Gasteiger partial charge in [-0.25, -0.2) is 18.8 Å². The molecule has 6 saturated heterocycles. The lowest BCUT2D eigenvalue weighted by Crippen LogP contribution is -2.65. The number of ether oxygens (including phenoxy) is 16. The first-order valence-electron chi connectivity index (χ1n) is 37.9. The van der Waals surface area contributed by atoms with Gasteiger partial charge in [-0.3, -0.25) is 0 Å². The third-order valence-electron chi connectivity index (χ3n) is 20.6. The predicted molar refractivity (Wildman–Crippen MR) is 404 cm³/mol. The van der Waals surface area contributed by atoms with Crippen LogP contribution in [0.1, 0.15) is 16.7 Å². The van der Waals surface area contributed by atoms with Gasteiger partial charge in [0.05, 0.1) is 38.6 Å². The standard InChI is InChI=1S/C79H90O45/c1-108-42-19-32(8-11-35(42)84)72-45(22-34-40(112-72)20-33(83)21-41(34)114-75-67(103)61(97)55(91)46(23-80)118-75)117-79-73(124-78-71(107)65(101)59(95)50(122-78)27-110-54(90)15-7-31-3-10-37(86)44(18-31)116-77-69(105)63(99)57(93)48(25-82)120-77)66(102)60(96)51(123-79)28-111-52(88)13-5-29-4-12-39(38(87)16-29)113-74-70(106)64(100)58(94)49(121-74)26-109-53(89)14-6-30-2-9-36(85)43(17-30)115-76-68(104)62(98)56(92)47(24-81)119-76/h2-22,46-51,55-71,73-82,91-107H,23-28H2,1H3,(H4-,83,84,85,86,87,89,90)/p+1/b13-5+/t46?,47?,48?,49?,50?,51?,55-,56-,57-,58-,59-,60-,61+,62+,63+,64+,65+,66+,67?,68?,69?,70?,71?,73?,74-,75?,76-,77-,78+,79-/m1/s1. The SMILES string of the molecule is COc1cc(-c2[o+]c3cc(O)cc(OC4OC(CO)[C@@H](O)[C@H](O)C4O)c3cc2O[C@@H]2OC(COC(=O)/C=C/c3ccc(O[C@@H]4OC(COC(=O)/C=C/c5ccc(O)c(O[C@@H]6OC(CO)[C@@H](O)[C@H](O)C6O)c5)[C@@H](O)[C@H](O)C4O)c(O)c3)[C@@H](O)[C@H](O)C2O[C@@H]2OC(COC(=O)/C=C/c3ccc(O)c(O[C@@H]4OC(CO)[C@@H](O)[C@H](O)C4O)c3)[C@@H](O)[C@H](O)C2O)ccc1O. The average Bonchev–Trinajstić information content (AvgIpc) is 0.757. The summed E-state index contributed by atoms with van der Waals surface area (Å²) in [5.41, 5.74) is 0.0969. The molecule has 25 N–H and O–H groups in total. The molecular weight excluding hydrogens is 1670 g/mol. The van der Waals surface area contributed by atoms with E-state index >= 15 is 0 Å². The molecule has 6 aliphatic heterocycles. The minimum atomic E-state index is -2.33. The van der Waals surface area contributed by atoms with Crippen molar-refractivity contribution in [2.45, 2.75) is 184 Å². The molecule has 7 heterocycles. The highest BCUT2D eigenvalue weighted by Gasteiger charge is 2.55. The molecule has 0 aliphatic carbocycles. The lowest BCUT2D eigenvalue weighted by Gasteiger charge is -2.45. The number of carbonyl (C=O) groups is 3. The summed E-state index contributed by atoms with van der Waals surface area (Å²) in [6, 6.07) is 17.5. The summed E-state index contributed by atoms with van der Waals surface area (Å²) in [6.07, 6.45) is -50.9. The van der Waals surface area contributed by atoms with Crippen molar-refractivity contribution in [2.75, 3.05) is 46.8 Å². The molecule has 676 valence electrons. The molecule has 12 rings (SSSR count). The summed E-state index contributed by atoms with van der Waals surface area (Å²) < 4.78 is 97.1. The van der Waals surface area contributed by atoms with E-state index in [1.54, 1.807) is 0 Å². The topological polar surface area (TPSA) is 716 Å². The summed E-state index contributed by atoms with van der Waals surface area (Å²) in [6.45, 7) is -5.13. The van der Waals surface area contributed by atoms with Gasteiger partial charge in [-0.2, -0.15) is 0 Å². The molecule has 45 nitrogen and oxygen atoms in total. The van der Waals surface area contributed by atoms with Gasteiger partial charge in [0.25, 0.3) is 0 Å². The number of aliphatic hydroxyl groups is 20. The van der Waals surface area contributed by atoms with Crippen LogP contribution in [0, 0.1) is 0 Å². The lowest BCUT2D eigenvalue weighted by atomic mass is 9.97. The Balaban J connectivity index is 0.746. The van der Waals surface area contributed by atoms with Crippen molar-refractivity contribution in [3.63, 3.8) is 0 Å². The van der Waals surface area contributed by atoms with Gasteiger partial charge < -0.3 is 203 Å². The van der Waals surface area contributed by atoms with Crippen LogP contribution < -0.4 is 28.4 Å². The normalized spacial score (nSPS) is 34.0. The molecule has 5 aromatic carbocycles. The van der Waals surface area contributed by atoms with E-state index in [0.717, 1.165) is 85.0 Å². The third-order valence-corrected chi connectivity index (χ3v) is 20.6. The zero-order chi connectivity index (χ0) is 89.6. The summed E-state index contributed by atoms with van der Waals surface area (Å²) in [7, 11) is 1.20. The fourth-order valence-electron chi connectivity index (χ4n) is 13.6. The van der Waals surface area contributed by atoms with Gasteiger partial charge in [0.2, 0.25) is 37.2 Å². The molecule has 0 amide bonds. The van der Waals surface area contributed by atoms with E-state index in [2.05, 4.69) is 0 Å². The Morgan fingerprint density at radius 1 is 0.339 bits per heavy atom. The number of phenols is 5. The number of hydrogen-bond acceptors (Lipinski definition) is 44. The van der Waals surface area contributed by atoms with Crippen LogP contribution in [0.15, 0.2) is 114 Å². The van der Waals surface area contributed by atoms with Gasteiger partial charge in [-0.1, -0.05) is 18.2 Å². The first-order chi connectivity index (χ1) is 59.1. The minimum Gasteiger partial charge on any atom is -0.507 e. The average molecular weight is 1760 g/mol. The molecule has 30 atom stereocenters. The van der Waals surface area contributed by atoms with Crippen LogP contribution in [-0.2, 0) is 61.8 Å². The zero-order valence-electron chi connectivity index (χ0n) is 64.5. The second kappa shape index (κ2) is 40.4. The van der Waals surface area contributed by atoms with Gasteiger partial charge >= 0.3 is 29.3 Å². The van der Waals surface area contributed by atoms with E-state index in [1.165, 1.54) is 49.6 Å². The maximum absolute atomic E-state index is 13.6. The number of fused-ring (bicyclic) bond motifs is 1. The fourth-order valence-corrected chi connectivity index (χ4v) is 13.6. The van der Waals surface area contributed by atoms with E-state index in [-0.39, 0.29) is 56.2 Å². The van der Waals surface area contributed by atoms with Crippen molar-refractivity contribution in [2.24, 2.45) is 0 Å². The summed E-state index contributed by atoms with van der Waals surface area (Å²) >= 11 is 0. The highest BCUT2D eigenvalue weighted by Crippen LogP contribution is 2.45. The first kappa shape index (κ1) is 93.0. The van der Waals surface area contributed by atoms with Crippen LogP contribution >= 0.6 is 0 Å². The van der Waals surface area contributed by atoms with Crippen LogP contribution in [0.25, 0.3) is 40.5 Å². The van der Waals surface area contributed by atoms with Crippen LogP contribution in [0.3, 0.4) is 0 Å². The summed E-state index contributed by atoms with van der Waals surface area (Å²) in [5, 5.41) is 267. The third kappa shape index (κ3) is 21.0. The molecule has 0 radical (unpaired) electrons. The Morgan fingerprint density at radius 3 is 1.13 bits per heavy atom. The van der Waals surface area contributed by atoms with Gasteiger partial charge in [0.1, 0.15) is 177 Å². The minimum absolute atomic E-state index is 0.00549. The van der Waals surface area contributed by atoms with E-state index in [9.17, 15) is 142 Å². The number of aliphatic hydroxyl groups excluding tert-OH is 20. The Morgan fingerprint density at radius 2 is 0.694 bits per heavy atom. The molecule has 0 bridgehead atoms. The van der Waals surface area contributed by atoms with Crippen molar-refractivity contribution >= 4 is 47.1 Å². The van der Waals surface area contributed by atoms with E-state index in [4.69, 9.17) is 80.2 Å². The maximum Gasteiger partial charge on any atom is 0.402 e. The van der Waals surface area contributed by atoms with Crippen molar-refractivity contribution in [3.8, 4) is 74.6 Å². The highest BCUT2D eigenvalue weighted by atomic mass is 16.8. The van der Waals surface area contributed by atoms with Gasteiger partial charge in [0.15, 0.2) is 58.4 Å². The molecule has 45 heteroatoms. The molecule has 124 heavy (non-hydrogen) atoms. The molecule has 6 aliphatic rings.